The summed E-state index contributed by atoms with van der Waals surface area (Å²) >= 11 is 3.40. The molecule has 1 aromatic carbocycles. The summed E-state index contributed by atoms with van der Waals surface area (Å²) in [5.74, 6) is 0.484. The van der Waals surface area contributed by atoms with Crippen molar-refractivity contribution in [3.8, 4) is 0 Å². The molecule has 0 spiro atoms. The molecule has 7 heteroatoms. The molecule has 5 nitrogen and oxygen atoms in total. The Kier molecular flexibility index (Phi) is 3.97. The van der Waals surface area contributed by atoms with Gasteiger partial charge in [-0.15, -0.1) is 0 Å². The molecule has 120 valence electrons. The molecule has 1 saturated carbocycles. The summed E-state index contributed by atoms with van der Waals surface area (Å²) in [6, 6.07) is 3.76. The number of anilines is 1. The number of amides is 1. The first kappa shape index (κ1) is 15.8. The first-order valence-electron chi connectivity index (χ1n) is 7.46. The molecule has 1 N–H and O–H groups in total. The third kappa shape index (κ3) is 2.88. The number of rotatable bonds is 5. The van der Waals surface area contributed by atoms with Crippen LogP contribution in [0.15, 0.2) is 16.6 Å². The first-order valence-corrected chi connectivity index (χ1v) is 9.91. The summed E-state index contributed by atoms with van der Waals surface area (Å²) in [5.41, 5.74) is 1.75. The van der Waals surface area contributed by atoms with E-state index in [1.54, 1.807) is 13.0 Å². The molecule has 1 unspecified atom stereocenters. The molecule has 1 fully saturated rings. The molecule has 22 heavy (non-hydrogen) atoms. The number of fused-ring (bicyclic) bond motifs is 1. The van der Waals surface area contributed by atoms with E-state index in [0.717, 1.165) is 10.0 Å². The van der Waals surface area contributed by atoms with Gasteiger partial charge in [0, 0.05) is 17.1 Å². The van der Waals surface area contributed by atoms with E-state index < -0.39 is 10.0 Å². The first-order chi connectivity index (χ1) is 10.3. The van der Waals surface area contributed by atoms with E-state index in [2.05, 4.69) is 27.6 Å². The second-order valence-electron chi connectivity index (χ2n) is 6.00. The van der Waals surface area contributed by atoms with Crippen LogP contribution in [0.4, 0.5) is 5.69 Å². The summed E-state index contributed by atoms with van der Waals surface area (Å²) in [6.45, 7) is 4.20. The number of nitrogens with one attached hydrogen (secondary N) is 1. The molecule has 1 aliphatic carbocycles. The highest BCUT2D eigenvalue weighted by molar-refractivity contribution is 9.10. The van der Waals surface area contributed by atoms with Crippen molar-refractivity contribution in [3.63, 3.8) is 0 Å². The molecule has 0 bridgehead atoms. The molecular formula is C15H19BrN2O3S. The molecule has 1 amide bonds. The van der Waals surface area contributed by atoms with Gasteiger partial charge in [0.1, 0.15) is 0 Å². The lowest BCUT2D eigenvalue weighted by molar-refractivity contribution is 0.0698. The van der Waals surface area contributed by atoms with Gasteiger partial charge in [-0.05, 0) is 50.3 Å². The smallest absolute Gasteiger partial charge is 0.256 e. The predicted molar refractivity (Wildman–Crippen MR) is 89.3 cm³/mol. The Morgan fingerprint density at radius 2 is 2.09 bits per heavy atom. The highest BCUT2D eigenvalue weighted by Gasteiger charge is 2.39. The fraction of sp³-hybridized carbons (Fsp3) is 0.533. The maximum Gasteiger partial charge on any atom is 0.256 e. The van der Waals surface area contributed by atoms with Crippen LogP contribution < -0.4 is 4.72 Å². The van der Waals surface area contributed by atoms with Crippen LogP contribution in [-0.2, 0) is 16.6 Å². The summed E-state index contributed by atoms with van der Waals surface area (Å²) in [5, 5.41) is 0. The third-order valence-corrected chi connectivity index (χ3v) is 6.19. The summed E-state index contributed by atoms with van der Waals surface area (Å²) in [7, 11) is -3.42. The Bertz CT molecular complexity index is 729. The highest BCUT2D eigenvalue weighted by Crippen LogP contribution is 2.40. The Balaban J connectivity index is 1.98. The maximum atomic E-state index is 12.8. The molecule has 3 rings (SSSR count). The van der Waals surface area contributed by atoms with Crippen molar-refractivity contribution in [1.82, 2.24) is 4.90 Å². The minimum atomic E-state index is -3.42. The predicted octanol–water partition coefficient (Wildman–Crippen LogP) is 2.97. The summed E-state index contributed by atoms with van der Waals surface area (Å²) in [6.07, 6.45) is 2.33. The lowest BCUT2D eigenvalue weighted by atomic mass is 10.1. The van der Waals surface area contributed by atoms with Crippen molar-refractivity contribution in [1.29, 1.82) is 0 Å². The standard InChI is InChI=1S/C15H19BrN2O3S/c1-3-22(20,21)17-13-7-12(16)6-11-8-18(15(19)14(11)13)9(2)10-4-5-10/h6-7,9-10,17H,3-5,8H2,1-2H3. The van der Waals surface area contributed by atoms with Crippen molar-refractivity contribution in [3.05, 3.63) is 27.7 Å². The maximum absolute atomic E-state index is 12.8. The van der Waals surface area contributed by atoms with Gasteiger partial charge >= 0.3 is 0 Å². The fourth-order valence-electron chi connectivity index (χ4n) is 2.92. The molecule has 0 radical (unpaired) electrons. The van der Waals surface area contributed by atoms with Gasteiger partial charge < -0.3 is 4.90 Å². The molecule has 1 aromatic rings. The number of nitrogens with zero attached hydrogens (tertiary/aromatic N) is 1. The van der Waals surface area contributed by atoms with Crippen LogP contribution >= 0.6 is 15.9 Å². The largest absolute Gasteiger partial charge is 0.331 e. The lowest BCUT2D eigenvalue weighted by Crippen LogP contribution is -2.35. The van der Waals surface area contributed by atoms with E-state index in [4.69, 9.17) is 0 Å². The van der Waals surface area contributed by atoms with E-state index >= 15 is 0 Å². The molecule has 1 heterocycles. The highest BCUT2D eigenvalue weighted by atomic mass is 79.9. The third-order valence-electron chi connectivity index (χ3n) is 4.44. The Morgan fingerprint density at radius 3 is 2.68 bits per heavy atom. The molecule has 2 aliphatic rings. The van der Waals surface area contributed by atoms with E-state index in [-0.39, 0.29) is 17.7 Å². The number of benzene rings is 1. The van der Waals surface area contributed by atoms with Gasteiger partial charge in [-0.1, -0.05) is 15.9 Å². The second kappa shape index (κ2) is 5.53. The SMILES string of the molecule is CCS(=O)(=O)Nc1cc(Br)cc2c1C(=O)N(C(C)C1CC1)C2. The lowest BCUT2D eigenvalue weighted by Gasteiger charge is -2.24. The van der Waals surface area contributed by atoms with Crippen LogP contribution in [0.3, 0.4) is 0 Å². The average molecular weight is 387 g/mol. The van der Waals surface area contributed by atoms with E-state index in [9.17, 15) is 13.2 Å². The number of hydrogen-bond acceptors (Lipinski definition) is 3. The van der Waals surface area contributed by atoms with Gasteiger partial charge in [-0.25, -0.2) is 8.42 Å². The zero-order chi connectivity index (χ0) is 16.1. The fourth-order valence-corrected chi connectivity index (χ4v) is 4.07. The topological polar surface area (TPSA) is 66.5 Å². The van der Waals surface area contributed by atoms with Crippen molar-refractivity contribution in [2.75, 3.05) is 10.5 Å². The molecule has 1 aliphatic heterocycles. The van der Waals surface area contributed by atoms with Crippen LogP contribution in [0.5, 0.6) is 0 Å². The summed E-state index contributed by atoms with van der Waals surface area (Å²) < 4.78 is 27.0. The summed E-state index contributed by atoms with van der Waals surface area (Å²) in [4.78, 5) is 14.6. The number of hydrogen-bond donors (Lipinski definition) is 1. The minimum Gasteiger partial charge on any atom is -0.331 e. The van der Waals surface area contributed by atoms with Crippen LogP contribution in [0.2, 0.25) is 0 Å². The van der Waals surface area contributed by atoms with E-state index in [1.807, 2.05) is 11.0 Å². The second-order valence-corrected chi connectivity index (χ2v) is 8.93. The van der Waals surface area contributed by atoms with Crippen molar-refractivity contribution in [2.45, 2.75) is 39.3 Å². The molecule has 1 atom stereocenters. The monoisotopic (exact) mass is 386 g/mol. The molecular weight excluding hydrogens is 368 g/mol. The van der Waals surface area contributed by atoms with Crippen molar-refractivity contribution in [2.24, 2.45) is 5.92 Å². The molecule has 0 saturated heterocycles. The van der Waals surface area contributed by atoms with Gasteiger partial charge in [-0.2, -0.15) is 0 Å². The number of carbonyl (C=O) groups is 1. The number of carbonyl (C=O) groups excluding carboxylic acids is 1. The molecule has 0 aromatic heterocycles. The van der Waals surface area contributed by atoms with Gasteiger partial charge in [0.25, 0.3) is 5.91 Å². The van der Waals surface area contributed by atoms with Gasteiger partial charge in [0.05, 0.1) is 17.0 Å². The van der Waals surface area contributed by atoms with Gasteiger partial charge in [-0.3, -0.25) is 9.52 Å². The van der Waals surface area contributed by atoms with Gasteiger partial charge in [0.15, 0.2) is 0 Å². The zero-order valence-corrected chi connectivity index (χ0v) is 15.0. The van der Waals surface area contributed by atoms with Crippen LogP contribution in [0.1, 0.15) is 42.6 Å². The van der Waals surface area contributed by atoms with Crippen molar-refractivity contribution >= 4 is 37.5 Å². The number of halogens is 1. The van der Waals surface area contributed by atoms with Crippen LogP contribution in [-0.4, -0.2) is 31.0 Å². The van der Waals surface area contributed by atoms with Crippen molar-refractivity contribution < 1.29 is 13.2 Å². The van der Waals surface area contributed by atoms with E-state index in [0.29, 0.717) is 23.7 Å². The van der Waals surface area contributed by atoms with Crippen LogP contribution in [0, 0.1) is 5.92 Å². The van der Waals surface area contributed by atoms with Gasteiger partial charge in [0.2, 0.25) is 10.0 Å². The van der Waals surface area contributed by atoms with Crippen LogP contribution in [0.25, 0.3) is 0 Å². The zero-order valence-electron chi connectivity index (χ0n) is 12.6. The quantitative estimate of drug-likeness (QED) is 0.845. The Morgan fingerprint density at radius 1 is 1.41 bits per heavy atom. The number of sulfonamides is 1. The van der Waals surface area contributed by atoms with E-state index in [1.165, 1.54) is 12.8 Å². The minimum absolute atomic E-state index is 0.0231. The average Bonchev–Trinajstić information content (AvgIpc) is 3.22. The Hall–Kier alpha value is -1.08. The Labute approximate surface area is 139 Å². The normalized spacial score (nSPS) is 19.2.